The van der Waals surface area contributed by atoms with Gasteiger partial charge in [-0.05, 0) is 25.0 Å². The van der Waals surface area contributed by atoms with Gasteiger partial charge in [0.1, 0.15) is 17.6 Å². The molecule has 6 heteroatoms. The molecule has 0 amide bonds. The van der Waals surface area contributed by atoms with Gasteiger partial charge in [0, 0.05) is 6.42 Å². The number of fused-ring (bicyclic) bond motifs is 1. The number of carboxylic acid groups (broad SMARTS) is 1. The van der Waals surface area contributed by atoms with Gasteiger partial charge in [-0.15, -0.1) is 10.2 Å². The van der Waals surface area contributed by atoms with Crippen LogP contribution in [0, 0.1) is 0 Å². The minimum atomic E-state index is -0.845. The van der Waals surface area contributed by atoms with E-state index in [4.69, 9.17) is 4.74 Å². The summed E-state index contributed by atoms with van der Waals surface area (Å²) < 4.78 is 7.05. The van der Waals surface area contributed by atoms with E-state index in [1.807, 2.05) is 24.3 Å². The van der Waals surface area contributed by atoms with E-state index in [1.165, 1.54) is 0 Å². The lowest BCUT2D eigenvalue weighted by atomic mass is 10.0. The fourth-order valence-corrected chi connectivity index (χ4v) is 2.65. The molecule has 1 N–H and O–H groups in total. The number of aliphatic carboxylic acids is 1. The Hall–Kier alpha value is -2.37. The van der Waals surface area contributed by atoms with E-state index in [0.29, 0.717) is 18.0 Å². The molecular weight excluding hydrogens is 258 g/mol. The zero-order valence-corrected chi connectivity index (χ0v) is 11.1. The number of para-hydroxylation sites is 1. The van der Waals surface area contributed by atoms with Gasteiger partial charge in [0.2, 0.25) is 0 Å². The van der Waals surface area contributed by atoms with Crippen molar-refractivity contribution >= 4 is 5.97 Å². The Kier molecular flexibility index (Phi) is 3.14. The quantitative estimate of drug-likeness (QED) is 0.924. The Morgan fingerprint density at radius 1 is 1.40 bits per heavy atom. The summed E-state index contributed by atoms with van der Waals surface area (Å²) >= 11 is 0. The number of ether oxygens (including phenoxy) is 1. The maximum absolute atomic E-state index is 11.4. The highest BCUT2D eigenvalue weighted by Gasteiger charge is 2.30. The van der Waals surface area contributed by atoms with Crippen LogP contribution in [-0.2, 0) is 11.2 Å². The lowest BCUT2D eigenvalue weighted by Gasteiger charge is -2.22. The largest absolute Gasteiger partial charge is 0.496 e. The lowest BCUT2D eigenvalue weighted by molar-refractivity contribution is -0.141. The summed E-state index contributed by atoms with van der Waals surface area (Å²) in [4.78, 5) is 11.4. The average Bonchev–Trinajstić information content (AvgIpc) is 2.90. The molecule has 2 aromatic rings. The first-order valence-corrected chi connectivity index (χ1v) is 6.52. The molecule has 1 aliphatic heterocycles. The molecule has 0 aliphatic carbocycles. The molecule has 104 valence electrons. The van der Waals surface area contributed by atoms with Crippen LogP contribution >= 0.6 is 0 Å². The van der Waals surface area contributed by atoms with E-state index in [9.17, 15) is 9.90 Å². The molecule has 1 aliphatic rings. The summed E-state index contributed by atoms with van der Waals surface area (Å²) in [6.07, 6.45) is 2.18. The number of methoxy groups -OCH3 is 1. The smallest absolute Gasteiger partial charge is 0.326 e. The van der Waals surface area contributed by atoms with Gasteiger partial charge < -0.3 is 9.84 Å². The molecule has 1 aromatic carbocycles. The number of carbonyl (C=O) groups is 1. The highest BCUT2D eigenvalue weighted by Crippen LogP contribution is 2.34. The molecule has 3 rings (SSSR count). The summed E-state index contributed by atoms with van der Waals surface area (Å²) in [7, 11) is 1.58. The highest BCUT2D eigenvalue weighted by molar-refractivity contribution is 5.74. The predicted molar refractivity (Wildman–Crippen MR) is 71.6 cm³/mol. The van der Waals surface area contributed by atoms with E-state index in [1.54, 1.807) is 11.7 Å². The first-order valence-electron chi connectivity index (χ1n) is 6.52. The third-order valence-electron chi connectivity index (χ3n) is 3.59. The fraction of sp³-hybridized carbons (Fsp3) is 0.357. The maximum atomic E-state index is 11.4. The van der Waals surface area contributed by atoms with Gasteiger partial charge in [-0.2, -0.15) is 0 Å². The summed E-state index contributed by atoms with van der Waals surface area (Å²) in [5.41, 5.74) is 0.766. The molecule has 0 fully saturated rings. The molecule has 0 spiro atoms. The van der Waals surface area contributed by atoms with Crippen LogP contribution in [-0.4, -0.2) is 33.0 Å². The second kappa shape index (κ2) is 4.96. The fourth-order valence-electron chi connectivity index (χ4n) is 2.65. The summed E-state index contributed by atoms with van der Waals surface area (Å²) in [6, 6.07) is 6.83. The zero-order valence-electron chi connectivity index (χ0n) is 11.1. The molecule has 20 heavy (non-hydrogen) atoms. The number of nitrogens with zero attached hydrogens (tertiary/aromatic N) is 3. The zero-order chi connectivity index (χ0) is 14.1. The predicted octanol–water partition coefficient (Wildman–Crippen LogP) is 1.92. The highest BCUT2D eigenvalue weighted by atomic mass is 16.5. The van der Waals surface area contributed by atoms with Crippen molar-refractivity contribution in [3.63, 3.8) is 0 Å². The second-order valence-corrected chi connectivity index (χ2v) is 4.76. The van der Waals surface area contributed by atoms with Crippen molar-refractivity contribution in [2.75, 3.05) is 7.11 Å². The Bertz CT molecular complexity index is 651. The Balaban J connectivity index is 2.16. The third kappa shape index (κ3) is 1.93. The summed E-state index contributed by atoms with van der Waals surface area (Å²) in [5.74, 6) is 1.11. The van der Waals surface area contributed by atoms with Crippen LogP contribution < -0.4 is 4.74 Å². The van der Waals surface area contributed by atoms with Crippen LogP contribution in [0.2, 0.25) is 0 Å². The van der Waals surface area contributed by atoms with Crippen molar-refractivity contribution in [2.45, 2.75) is 25.3 Å². The van der Waals surface area contributed by atoms with Crippen molar-refractivity contribution < 1.29 is 14.6 Å². The van der Waals surface area contributed by atoms with E-state index >= 15 is 0 Å². The van der Waals surface area contributed by atoms with Gasteiger partial charge >= 0.3 is 5.97 Å². The summed E-state index contributed by atoms with van der Waals surface area (Å²) in [5, 5.41) is 17.7. The molecule has 0 saturated heterocycles. The number of aryl methyl sites for hydroxylation is 1. The topological polar surface area (TPSA) is 77.2 Å². The second-order valence-electron chi connectivity index (χ2n) is 4.76. The van der Waals surface area contributed by atoms with Crippen LogP contribution in [0.15, 0.2) is 24.3 Å². The normalized spacial score (nSPS) is 17.6. The van der Waals surface area contributed by atoms with Crippen LogP contribution in [0.4, 0.5) is 0 Å². The molecule has 0 bridgehead atoms. The number of aromatic nitrogens is 3. The Morgan fingerprint density at radius 2 is 2.20 bits per heavy atom. The minimum absolute atomic E-state index is 0.560. The van der Waals surface area contributed by atoms with Gasteiger partial charge in [0.25, 0.3) is 0 Å². The van der Waals surface area contributed by atoms with Gasteiger partial charge in [-0.1, -0.05) is 12.1 Å². The molecule has 2 heterocycles. The number of hydrogen-bond acceptors (Lipinski definition) is 4. The number of benzene rings is 1. The number of hydrogen-bond donors (Lipinski definition) is 1. The Labute approximate surface area is 116 Å². The van der Waals surface area contributed by atoms with Gasteiger partial charge in [0.05, 0.1) is 12.7 Å². The molecule has 1 aromatic heterocycles. The van der Waals surface area contributed by atoms with Gasteiger partial charge in [-0.25, -0.2) is 4.79 Å². The lowest BCUT2D eigenvalue weighted by Crippen LogP contribution is -2.25. The average molecular weight is 273 g/mol. The number of rotatable bonds is 3. The monoisotopic (exact) mass is 273 g/mol. The van der Waals surface area contributed by atoms with E-state index in [2.05, 4.69) is 10.2 Å². The third-order valence-corrected chi connectivity index (χ3v) is 3.59. The van der Waals surface area contributed by atoms with Crippen LogP contribution in [0.25, 0.3) is 11.4 Å². The molecular formula is C14H15N3O3. The van der Waals surface area contributed by atoms with Crippen molar-refractivity contribution in [1.82, 2.24) is 14.8 Å². The van der Waals surface area contributed by atoms with Crippen LogP contribution in [0.1, 0.15) is 24.7 Å². The van der Waals surface area contributed by atoms with Gasteiger partial charge in [-0.3, -0.25) is 4.57 Å². The van der Waals surface area contributed by atoms with Gasteiger partial charge in [0.15, 0.2) is 5.82 Å². The van der Waals surface area contributed by atoms with Crippen LogP contribution in [0.5, 0.6) is 5.75 Å². The van der Waals surface area contributed by atoms with E-state index in [0.717, 1.165) is 24.2 Å². The molecule has 6 nitrogen and oxygen atoms in total. The van der Waals surface area contributed by atoms with Crippen molar-refractivity contribution in [1.29, 1.82) is 0 Å². The van der Waals surface area contributed by atoms with E-state index < -0.39 is 12.0 Å². The van der Waals surface area contributed by atoms with Crippen LogP contribution in [0.3, 0.4) is 0 Å². The molecule has 0 radical (unpaired) electrons. The number of carboxylic acids is 1. The van der Waals surface area contributed by atoms with Crippen molar-refractivity contribution in [2.24, 2.45) is 0 Å². The SMILES string of the molecule is COc1ccccc1-c1nnc2n1C(C(=O)O)CCC2. The first kappa shape index (κ1) is 12.7. The molecule has 1 atom stereocenters. The standard InChI is InChI=1S/C14H15N3O3/c1-20-11-7-3-2-5-9(11)13-16-15-12-8-4-6-10(14(18)19)17(12)13/h2-3,5,7,10H,4,6,8H2,1H3,(H,18,19). The summed E-state index contributed by atoms with van der Waals surface area (Å²) in [6.45, 7) is 0. The van der Waals surface area contributed by atoms with E-state index in [-0.39, 0.29) is 0 Å². The Morgan fingerprint density at radius 3 is 2.95 bits per heavy atom. The minimum Gasteiger partial charge on any atom is -0.496 e. The molecule has 1 unspecified atom stereocenters. The first-order chi connectivity index (χ1) is 9.72. The van der Waals surface area contributed by atoms with Crippen molar-refractivity contribution in [3.8, 4) is 17.1 Å². The van der Waals surface area contributed by atoms with Crippen molar-refractivity contribution in [3.05, 3.63) is 30.1 Å². The molecule has 0 saturated carbocycles. The maximum Gasteiger partial charge on any atom is 0.326 e.